The number of anilines is 1. The first-order valence-corrected chi connectivity index (χ1v) is 9.54. The van der Waals surface area contributed by atoms with E-state index in [0.29, 0.717) is 18.5 Å². The maximum Gasteiger partial charge on any atom is 0.328 e. The van der Waals surface area contributed by atoms with Crippen molar-refractivity contribution in [3.63, 3.8) is 0 Å². The predicted octanol–water partition coefficient (Wildman–Crippen LogP) is 2.42. The second-order valence-electron chi connectivity index (χ2n) is 7.47. The molecule has 4 aromatic rings. The summed E-state index contributed by atoms with van der Waals surface area (Å²) in [5, 5.41) is 7.41. The Morgan fingerprint density at radius 3 is 2.55 bits per heavy atom. The molecule has 0 aliphatic rings. The molecule has 0 bridgehead atoms. The zero-order valence-corrected chi connectivity index (χ0v) is 17.3. The van der Waals surface area contributed by atoms with Gasteiger partial charge in [-0.1, -0.05) is 0 Å². The van der Waals surface area contributed by atoms with Crippen molar-refractivity contribution < 1.29 is 4.79 Å². The van der Waals surface area contributed by atoms with Gasteiger partial charge in [0, 0.05) is 43.7 Å². The lowest BCUT2D eigenvalue weighted by Gasteiger charge is -2.11. The molecule has 29 heavy (non-hydrogen) atoms. The number of carbonyl (C=O) groups is 1. The van der Waals surface area contributed by atoms with Crippen LogP contribution >= 0.6 is 0 Å². The van der Waals surface area contributed by atoms with E-state index >= 15 is 0 Å². The largest absolute Gasteiger partial charge is 0.328 e. The zero-order chi connectivity index (χ0) is 20.9. The average Bonchev–Trinajstić information content (AvgIpc) is 3.14. The maximum absolute atomic E-state index is 12.5. The van der Waals surface area contributed by atoms with Gasteiger partial charge in [-0.05, 0) is 51.0 Å². The van der Waals surface area contributed by atoms with Gasteiger partial charge in [0.2, 0.25) is 5.91 Å². The van der Waals surface area contributed by atoms with Gasteiger partial charge in [0.25, 0.3) is 0 Å². The van der Waals surface area contributed by atoms with Gasteiger partial charge in [0.15, 0.2) is 5.65 Å². The number of nitrogens with zero attached hydrogens (tertiary/aromatic N) is 5. The molecule has 0 saturated carbocycles. The summed E-state index contributed by atoms with van der Waals surface area (Å²) in [5.74, 6) is -0.0826. The summed E-state index contributed by atoms with van der Waals surface area (Å²) < 4.78 is 5.00. The number of benzene rings is 1. The van der Waals surface area contributed by atoms with Gasteiger partial charge >= 0.3 is 5.69 Å². The smallest absolute Gasteiger partial charge is 0.326 e. The third kappa shape index (κ3) is 3.20. The van der Waals surface area contributed by atoms with E-state index < -0.39 is 0 Å². The Morgan fingerprint density at radius 2 is 1.79 bits per heavy atom. The minimum absolute atomic E-state index is 0.0826. The first-order valence-electron chi connectivity index (χ1n) is 9.54. The van der Waals surface area contributed by atoms with Crippen molar-refractivity contribution in [3.05, 3.63) is 57.4 Å². The van der Waals surface area contributed by atoms with Crippen molar-refractivity contribution in [1.29, 1.82) is 0 Å². The first kappa shape index (κ1) is 18.9. The van der Waals surface area contributed by atoms with Gasteiger partial charge in [0.1, 0.15) is 0 Å². The van der Waals surface area contributed by atoms with Gasteiger partial charge < -0.3 is 5.32 Å². The van der Waals surface area contributed by atoms with Gasteiger partial charge in [-0.15, -0.1) is 0 Å². The summed E-state index contributed by atoms with van der Waals surface area (Å²) in [7, 11) is 3.46. The molecule has 0 atom stereocenters. The van der Waals surface area contributed by atoms with Crippen molar-refractivity contribution in [3.8, 4) is 0 Å². The highest BCUT2D eigenvalue weighted by Crippen LogP contribution is 2.19. The van der Waals surface area contributed by atoms with E-state index in [1.807, 2.05) is 49.6 Å². The van der Waals surface area contributed by atoms with Crippen LogP contribution < -0.4 is 11.0 Å². The Morgan fingerprint density at radius 1 is 1.07 bits per heavy atom. The second kappa shape index (κ2) is 6.88. The lowest BCUT2D eigenvalue weighted by molar-refractivity contribution is -0.116. The first-order chi connectivity index (χ1) is 13.8. The van der Waals surface area contributed by atoms with E-state index in [0.717, 1.165) is 39.3 Å². The van der Waals surface area contributed by atoms with Gasteiger partial charge in [-0.25, -0.2) is 14.3 Å². The number of aromatic nitrogens is 5. The Balaban J connectivity index is 1.52. The molecule has 150 valence electrons. The minimum atomic E-state index is -0.0915. The molecule has 8 heteroatoms. The van der Waals surface area contributed by atoms with Crippen LogP contribution in [0.25, 0.3) is 16.7 Å². The summed E-state index contributed by atoms with van der Waals surface area (Å²) in [4.78, 5) is 29.2. The maximum atomic E-state index is 12.5. The molecule has 0 fully saturated rings. The molecule has 0 radical (unpaired) electrons. The molecular formula is C21H24N6O2. The SMILES string of the molecule is Cc1cc2nc(C)c(CCC(=O)Nc3ccc4c(c3)n(C)c(=O)n4C)c(C)n2n1. The van der Waals surface area contributed by atoms with Crippen LogP contribution in [0.4, 0.5) is 5.69 Å². The van der Waals surface area contributed by atoms with Gasteiger partial charge in [-0.2, -0.15) is 5.10 Å². The third-order valence-electron chi connectivity index (χ3n) is 5.44. The van der Waals surface area contributed by atoms with Crippen LogP contribution in [0.15, 0.2) is 29.1 Å². The quantitative estimate of drug-likeness (QED) is 0.578. The Kier molecular flexibility index (Phi) is 4.49. The van der Waals surface area contributed by atoms with Crippen LogP contribution in [0.3, 0.4) is 0 Å². The molecule has 1 amide bonds. The lowest BCUT2D eigenvalue weighted by Crippen LogP contribution is -2.19. The number of fused-ring (bicyclic) bond motifs is 2. The molecule has 1 aromatic carbocycles. The van der Waals surface area contributed by atoms with Crippen molar-refractivity contribution >= 4 is 28.3 Å². The second-order valence-corrected chi connectivity index (χ2v) is 7.47. The number of amides is 1. The van der Waals surface area contributed by atoms with Crippen LogP contribution in [0, 0.1) is 20.8 Å². The Bertz CT molecular complexity index is 1320. The summed E-state index contributed by atoms with van der Waals surface area (Å²) in [6.07, 6.45) is 0.915. The zero-order valence-electron chi connectivity index (χ0n) is 17.3. The number of hydrogen-bond donors (Lipinski definition) is 1. The van der Waals surface area contributed by atoms with E-state index in [1.54, 1.807) is 23.2 Å². The minimum Gasteiger partial charge on any atom is -0.326 e. The fourth-order valence-electron chi connectivity index (χ4n) is 3.85. The summed E-state index contributed by atoms with van der Waals surface area (Å²) in [6, 6.07) is 7.43. The van der Waals surface area contributed by atoms with Crippen LogP contribution in [0.5, 0.6) is 0 Å². The van der Waals surface area contributed by atoms with Gasteiger partial charge in [0.05, 0.1) is 16.7 Å². The fourth-order valence-corrected chi connectivity index (χ4v) is 3.85. The average molecular weight is 392 g/mol. The Hall–Kier alpha value is -3.42. The van der Waals surface area contributed by atoms with Crippen molar-refractivity contribution in [2.45, 2.75) is 33.6 Å². The molecule has 8 nitrogen and oxygen atoms in total. The summed E-state index contributed by atoms with van der Waals surface area (Å²) in [6.45, 7) is 5.91. The van der Waals surface area contributed by atoms with Crippen molar-refractivity contribution in [1.82, 2.24) is 23.7 Å². The number of imidazole rings is 1. The summed E-state index contributed by atoms with van der Waals surface area (Å²) >= 11 is 0. The molecule has 0 saturated heterocycles. The molecule has 1 N–H and O–H groups in total. The van der Waals surface area contributed by atoms with E-state index in [-0.39, 0.29) is 11.6 Å². The van der Waals surface area contributed by atoms with Crippen LogP contribution in [0.1, 0.15) is 29.1 Å². The highest BCUT2D eigenvalue weighted by Gasteiger charge is 2.14. The Labute approximate surface area is 167 Å². The van der Waals surface area contributed by atoms with Crippen LogP contribution in [-0.2, 0) is 25.3 Å². The molecular weight excluding hydrogens is 368 g/mol. The standard InChI is InChI=1S/C21H24N6O2/c1-12-10-19-22-13(2)16(14(3)27(19)24-12)7-9-20(28)23-15-6-8-17-18(11-15)26(5)21(29)25(17)4/h6,8,10-11H,7,9H2,1-5H3,(H,23,28). The van der Waals surface area contributed by atoms with Crippen LogP contribution in [0.2, 0.25) is 0 Å². The molecule has 0 aliphatic heterocycles. The highest BCUT2D eigenvalue weighted by atomic mass is 16.2. The molecule has 4 rings (SSSR count). The summed E-state index contributed by atoms with van der Waals surface area (Å²) in [5.41, 5.74) is 6.91. The molecule has 3 heterocycles. The number of carbonyl (C=O) groups excluding carboxylic acids is 1. The predicted molar refractivity (Wildman–Crippen MR) is 112 cm³/mol. The van der Waals surface area contributed by atoms with Gasteiger partial charge in [-0.3, -0.25) is 13.9 Å². The number of nitrogens with one attached hydrogen (secondary N) is 1. The van der Waals surface area contributed by atoms with E-state index in [9.17, 15) is 9.59 Å². The third-order valence-corrected chi connectivity index (χ3v) is 5.44. The van der Waals surface area contributed by atoms with Crippen molar-refractivity contribution in [2.75, 3.05) is 5.32 Å². The lowest BCUT2D eigenvalue weighted by atomic mass is 10.1. The molecule has 3 aromatic heterocycles. The highest BCUT2D eigenvalue weighted by molar-refractivity contribution is 5.93. The number of hydrogen-bond acceptors (Lipinski definition) is 4. The van der Waals surface area contributed by atoms with Crippen molar-refractivity contribution in [2.24, 2.45) is 14.1 Å². The number of rotatable bonds is 4. The number of aryl methyl sites for hydroxylation is 5. The monoisotopic (exact) mass is 392 g/mol. The molecule has 0 spiro atoms. The fraction of sp³-hybridized carbons (Fsp3) is 0.333. The van der Waals surface area contributed by atoms with E-state index in [4.69, 9.17) is 0 Å². The molecule has 0 unspecified atom stereocenters. The normalized spacial score (nSPS) is 11.5. The van der Waals surface area contributed by atoms with E-state index in [1.165, 1.54) is 0 Å². The topological polar surface area (TPSA) is 86.2 Å². The van der Waals surface area contributed by atoms with E-state index in [2.05, 4.69) is 15.4 Å². The van der Waals surface area contributed by atoms with Crippen LogP contribution in [-0.4, -0.2) is 29.6 Å². The molecule has 0 aliphatic carbocycles.